The quantitative estimate of drug-likeness (QED) is 0.502. The van der Waals surface area contributed by atoms with E-state index in [1.807, 2.05) is 0 Å². The highest BCUT2D eigenvalue weighted by Gasteiger charge is 2.16. The Morgan fingerprint density at radius 2 is 2.35 bits per heavy atom. The second kappa shape index (κ2) is 9.50. The molecule has 1 aliphatic heterocycles. The van der Waals surface area contributed by atoms with E-state index in [0.717, 1.165) is 32.4 Å². The van der Waals surface area contributed by atoms with Crippen molar-refractivity contribution in [3.05, 3.63) is 11.6 Å². The summed E-state index contributed by atoms with van der Waals surface area (Å²) in [5.74, 6) is 0. The molecule has 0 amide bonds. The smallest absolute Gasteiger partial charge is 0.0897 e. The number of hydrogen-bond acceptors (Lipinski definition) is 4. The van der Waals surface area contributed by atoms with E-state index in [1.165, 1.54) is 25.7 Å². The zero-order valence-electron chi connectivity index (χ0n) is 12.5. The Hall–Kier alpha value is -0.420. The fourth-order valence-corrected chi connectivity index (χ4v) is 2.82. The van der Waals surface area contributed by atoms with Crippen molar-refractivity contribution in [3.8, 4) is 0 Å². The van der Waals surface area contributed by atoms with Crippen molar-refractivity contribution < 1.29 is 14.6 Å². The SMILES string of the molecule is OC(CNCCC1=CCCCC1)COCC1CCCO1. The summed E-state index contributed by atoms with van der Waals surface area (Å²) in [6.07, 6.45) is 10.7. The molecule has 2 N–H and O–H groups in total. The third-order valence-electron chi connectivity index (χ3n) is 4.03. The van der Waals surface area contributed by atoms with Crippen molar-refractivity contribution in [3.63, 3.8) is 0 Å². The van der Waals surface area contributed by atoms with Crippen LogP contribution in [0, 0.1) is 0 Å². The highest BCUT2D eigenvalue weighted by molar-refractivity contribution is 5.05. The first-order chi connectivity index (χ1) is 9.84. The molecule has 2 atom stereocenters. The molecule has 0 aromatic heterocycles. The Balaban J connectivity index is 1.43. The number of hydrogen-bond donors (Lipinski definition) is 2. The van der Waals surface area contributed by atoms with Crippen LogP contribution in [0.3, 0.4) is 0 Å². The van der Waals surface area contributed by atoms with Crippen LogP contribution in [0.25, 0.3) is 0 Å². The average Bonchev–Trinajstić information content (AvgIpc) is 2.98. The van der Waals surface area contributed by atoms with Crippen LogP contribution < -0.4 is 5.32 Å². The maximum absolute atomic E-state index is 9.82. The topological polar surface area (TPSA) is 50.7 Å². The number of nitrogens with one attached hydrogen (secondary N) is 1. The second-order valence-electron chi connectivity index (χ2n) is 5.89. The molecule has 1 aliphatic carbocycles. The average molecular weight is 283 g/mol. The summed E-state index contributed by atoms with van der Waals surface area (Å²) in [5, 5.41) is 13.1. The Bertz CT molecular complexity index is 287. The first-order valence-corrected chi connectivity index (χ1v) is 8.10. The van der Waals surface area contributed by atoms with E-state index in [1.54, 1.807) is 5.57 Å². The first-order valence-electron chi connectivity index (χ1n) is 8.10. The van der Waals surface area contributed by atoms with Crippen LogP contribution in [0.4, 0.5) is 0 Å². The van der Waals surface area contributed by atoms with E-state index in [-0.39, 0.29) is 6.10 Å². The number of rotatable bonds is 9. The van der Waals surface area contributed by atoms with Crippen molar-refractivity contribution in [2.24, 2.45) is 0 Å². The van der Waals surface area contributed by atoms with E-state index in [9.17, 15) is 5.11 Å². The fraction of sp³-hybridized carbons (Fsp3) is 0.875. The van der Waals surface area contributed by atoms with Crippen LogP contribution in [-0.2, 0) is 9.47 Å². The highest BCUT2D eigenvalue weighted by atomic mass is 16.5. The Kier molecular flexibility index (Phi) is 7.58. The van der Waals surface area contributed by atoms with Crippen LogP contribution in [0.15, 0.2) is 11.6 Å². The van der Waals surface area contributed by atoms with Crippen molar-refractivity contribution in [1.82, 2.24) is 5.32 Å². The molecule has 2 unspecified atom stereocenters. The van der Waals surface area contributed by atoms with Crippen LogP contribution in [0.5, 0.6) is 0 Å². The standard InChI is InChI=1S/C16H29NO3/c18-15(12-19-13-16-7-4-10-20-16)11-17-9-8-14-5-2-1-3-6-14/h5,15-18H,1-4,6-13H2. The summed E-state index contributed by atoms with van der Waals surface area (Å²) in [6.45, 7) is 3.43. The Labute approximate surface area is 122 Å². The maximum Gasteiger partial charge on any atom is 0.0897 e. The van der Waals surface area contributed by atoms with Gasteiger partial charge in [0.2, 0.25) is 0 Å². The molecule has 2 rings (SSSR count). The third-order valence-corrected chi connectivity index (χ3v) is 4.03. The monoisotopic (exact) mass is 283 g/mol. The molecule has 1 saturated heterocycles. The fourth-order valence-electron chi connectivity index (χ4n) is 2.82. The third kappa shape index (κ3) is 6.35. The van der Waals surface area contributed by atoms with E-state index in [2.05, 4.69) is 11.4 Å². The molecule has 20 heavy (non-hydrogen) atoms. The van der Waals surface area contributed by atoms with Gasteiger partial charge in [0.1, 0.15) is 0 Å². The van der Waals surface area contributed by atoms with Gasteiger partial charge in [0.15, 0.2) is 0 Å². The van der Waals surface area contributed by atoms with Gasteiger partial charge in [0.05, 0.1) is 25.4 Å². The van der Waals surface area contributed by atoms with Gasteiger partial charge in [-0.15, -0.1) is 0 Å². The normalized spacial score (nSPS) is 24.6. The molecule has 1 heterocycles. The molecule has 2 aliphatic rings. The largest absolute Gasteiger partial charge is 0.389 e. The van der Waals surface area contributed by atoms with Gasteiger partial charge in [0, 0.05) is 13.2 Å². The molecule has 4 nitrogen and oxygen atoms in total. The van der Waals surface area contributed by atoms with Gasteiger partial charge in [-0.2, -0.15) is 0 Å². The molecule has 4 heteroatoms. The minimum atomic E-state index is -0.420. The van der Waals surface area contributed by atoms with Crippen LogP contribution >= 0.6 is 0 Å². The summed E-state index contributed by atoms with van der Waals surface area (Å²) < 4.78 is 11.0. The van der Waals surface area contributed by atoms with Crippen molar-refractivity contribution >= 4 is 0 Å². The predicted octanol–water partition coefficient (Wildman–Crippen LogP) is 2.02. The molecule has 0 bridgehead atoms. The molecule has 0 aromatic carbocycles. The van der Waals surface area contributed by atoms with E-state index in [0.29, 0.717) is 19.8 Å². The molecular formula is C16H29NO3. The molecule has 0 radical (unpaired) electrons. The molecule has 0 saturated carbocycles. The molecular weight excluding hydrogens is 254 g/mol. The Morgan fingerprint density at radius 3 is 3.10 bits per heavy atom. The predicted molar refractivity (Wildman–Crippen MR) is 79.8 cm³/mol. The number of aliphatic hydroxyl groups is 1. The molecule has 0 aromatic rings. The van der Waals surface area contributed by atoms with Crippen molar-refractivity contribution in [1.29, 1.82) is 0 Å². The minimum Gasteiger partial charge on any atom is -0.389 e. The van der Waals surface area contributed by atoms with Crippen LogP contribution in [-0.4, -0.2) is 50.2 Å². The van der Waals surface area contributed by atoms with Crippen molar-refractivity contribution in [2.75, 3.05) is 32.9 Å². The minimum absolute atomic E-state index is 0.244. The summed E-state index contributed by atoms with van der Waals surface area (Å²) in [4.78, 5) is 0. The van der Waals surface area contributed by atoms with Gasteiger partial charge in [-0.05, 0) is 51.5 Å². The summed E-state index contributed by atoms with van der Waals surface area (Å²) >= 11 is 0. The zero-order valence-corrected chi connectivity index (χ0v) is 12.5. The summed E-state index contributed by atoms with van der Waals surface area (Å²) in [6, 6.07) is 0. The molecule has 116 valence electrons. The van der Waals surface area contributed by atoms with E-state index in [4.69, 9.17) is 9.47 Å². The van der Waals surface area contributed by atoms with E-state index < -0.39 is 6.10 Å². The first kappa shape index (κ1) is 16.0. The highest BCUT2D eigenvalue weighted by Crippen LogP contribution is 2.19. The van der Waals surface area contributed by atoms with Gasteiger partial charge in [0.25, 0.3) is 0 Å². The maximum atomic E-state index is 9.82. The lowest BCUT2D eigenvalue weighted by Gasteiger charge is -2.16. The van der Waals surface area contributed by atoms with Gasteiger partial charge < -0.3 is 19.9 Å². The zero-order chi connectivity index (χ0) is 14.0. The van der Waals surface area contributed by atoms with Crippen LogP contribution in [0.2, 0.25) is 0 Å². The van der Waals surface area contributed by atoms with Crippen LogP contribution in [0.1, 0.15) is 44.9 Å². The second-order valence-corrected chi connectivity index (χ2v) is 5.89. The van der Waals surface area contributed by atoms with Crippen molar-refractivity contribution in [2.45, 2.75) is 57.2 Å². The van der Waals surface area contributed by atoms with Gasteiger partial charge in [-0.3, -0.25) is 0 Å². The number of allylic oxidation sites excluding steroid dienone is 1. The van der Waals surface area contributed by atoms with Gasteiger partial charge >= 0.3 is 0 Å². The molecule has 1 fully saturated rings. The number of aliphatic hydroxyl groups excluding tert-OH is 1. The lowest BCUT2D eigenvalue weighted by atomic mass is 9.97. The summed E-state index contributed by atoms with van der Waals surface area (Å²) in [5.41, 5.74) is 1.58. The Morgan fingerprint density at radius 1 is 1.40 bits per heavy atom. The number of ether oxygens (including phenoxy) is 2. The van der Waals surface area contributed by atoms with E-state index >= 15 is 0 Å². The lowest BCUT2D eigenvalue weighted by Crippen LogP contribution is -2.32. The lowest BCUT2D eigenvalue weighted by molar-refractivity contribution is -0.0163. The molecule has 0 spiro atoms. The van der Waals surface area contributed by atoms with Gasteiger partial charge in [-0.1, -0.05) is 11.6 Å². The van der Waals surface area contributed by atoms with Gasteiger partial charge in [-0.25, -0.2) is 0 Å². The summed E-state index contributed by atoms with van der Waals surface area (Å²) in [7, 11) is 0.